The molecule has 0 saturated carbocycles. The normalized spacial score (nSPS) is 12.0. The summed E-state index contributed by atoms with van der Waals surface area (Å²) in [7, 11) is 0. The smallest absolute Gasteiger partial charge is 0.220 e. The van der Waals surface area contributed by atoms with E-state index in [-0.39, 0.29) is 30.6 Å². The first-order valence-corrected chi connectivity index (χ1v) is 8.08. The molecule has 1 amide bonds. The maximum Gasteiger partial charge on any atom is 0.220 e. The zero-order chi connectivity index (χ0) is 16.1. The van der Waals surface area contributed by atoms with E-state index in [1.54, 1.807) is 23.7 Å². The number of Topliss-reactive ketones (excluding diaryl/α,β-unsaturated/α-hetero) is 1. The lowest BCUT2D eigenvalue weighted by atomic mass is 10.1. The molecule has 2 heterocycles. The van der Waals surface area contributed by atoms with Gasteiger partial charge in [0.1, 0.15) is 0 Å². The second-order valence-electron chi connectivity index (χ2n) is 5.32. The third-order valence-corrected chi connectivity index (χ3v) is 4.47. The number of carbonyl (C=O) groups excluding carboxylic acids is 2. The van der Waals surface area contributed by atoms with Crippen LogP contribution in [0.3, 0.4) is 0 Å². The van der Waals surface area contributed by atoms with Crippen LogP contribution in [0, 0.1) is 13.8 Å². The van der Waals surface area contributed by atoms with Crippen molar-refractivity contribution >= 4 is 23.0 Å². The summed E-state index contributed by atoms with van der Waals surface area (Å²) in [6.07, 6.45) is 3.85. The van der Waals surface area contributed by atoms with Gasteiger partial charge >= 0.3 is 0 Å². The summed E-state index contributed by atoms with van der Waals surface area (Å²) in [5, 5.41) is 2.91. The van der Waals surface area contributed by atoms with Crippen LogP contribution in [0.25, 0.3) is 0 Å². The van der Waals surface area contributed by atoms with Crippen molar-refractivity contribution in [3.05, 3.63) is 51.5 Å². The Bertz CT molecular complexity index is 665. The molecular weight excluding hydrogens is 296 g/mol. The Morgan fingerprint density at radius 1 is 1.23 bits per heavy atom. The van der Waals surface area contributed by atoms with E-state index < -0.39 is 0 Å². The van der Waals surface area contributed by atoms with Gasteiger partial charge in [-0.2, -0.15) is 0 Å². The Labute approximate surface area is 134 Å². The summed E-state index contributed by atoms with van der Waals surface area (Å²) < 4.78 is 0. The third kappa shape index (κ3) is 4.24. The van der Waals surface area contributed by atoms with Crippen LogP contribution < -0.4 is 5.32 Å². The van der Waals surface area contributed by atoms with E-state index in [4.69, 9.17) is 0 Å². The van der Waals surface area contributed by atoms with E-state index >= 15 is 0 Å². The second kappa shape index (κ2) is 7.31. The fraction of sp³-hybridized carbons (Fsp3) is 0.353. The fourth-order valence-corrected chi connectivity index (χ4v) is 3.26. The van der Waals surface area contributed by atoms with Crippen LogP contribution in [0.15, 0.2) is 30.6 Å². The predicted octanol–water partition coefficient (Wildman–Crippen LogP) is 3.60. The molecule has 0 fully saturated rings. The highest BCUT2D eigenvalue weighted by molar-refractivity contribution is 7.12. The molecule has 116 valence electrons. The number of aromatic nitrogens is 1. The standard InChI is InChI=1S/C17H20N2O2S/c1-11-10-15(13(3)22-11)16(20)4-5-17(21)19-12(2)14-6-8-18-9-7-14/h6-10,12H,4-5H2,1-3H3,(H,19,21). The SMILES string of the molecule is Cc1cc(C(=O)CCC(=O)NC(C)c2ccncc2)c(C)s1. The highest BCUT2D eigenvalue weighted by Gasteiger charge is 2.15. The number of ketones is 1. The van der Waals surface area contributed by atoms with E-state index in [0.29, 0.717) is 0 Å². The molecule has 1 atom stereocenters. The minimum atomic E-state index is -0.109. The molecule has 1 unspecified atom stereocenters. The third-order valence-electron chi connectivity index (χ3n) is 3.50. The molecule has 2 aromatic heterocycles. The van der Waals surface area contributed by atoms with Crippen molar-refractivity contribution in [3.63, 3.8) is 0 Å². The summed E-state index contributed by atoms with van der Waals surface area (Å²) in [5.41, 5.74) is 1.75. The number of carbonyl (C=O) groups is 2. The van der Waals surface area contributed by atoms with Crippen molar-refractivity contribution in [2.45, 2.75) is 39.7 Å². The fourth-order valence-electron chi connectivity index (χ4n) is 2.32. The molecule has 0 spiro atoms. The summed E-state index contributed by atoms with van der Waals surface area (Å²) in [6.45, 7) is 5.84. The molecule has 5 heteroatoms. The van der Waals surface area contributed by atoms with Gasteiger partial charge in [-0.3, -0.25) is 14.6 Å². The molecule has 0 radical (unpaired) electrons. The lowest BCUT2D eigenvalue weighted by Gasteiger charge is -2.13. The Morgan fingerprint density at radius 2 is 1.91 bits per heavy atom. The van der Waals surface area contributed by atoms with Crippen LogP contribution in [0.4, 0.5) is 0 Å². The number of aryl methyl sites for hydroxylation is 2. The van der Waals surface area contributed by atoms with Gasteiger partial charge in [0, 0.05) is 40.6 Å². The maximum atomic E-state index is 12.2. The van der Waals surface area contributed by atoms with Gasteiger partial charge in [0.15, 0.2) is 5.78 Å². The highest BCUT2D eigenvalue weighted by atomic mass is 32.1. The Kier molecular flexibility index (Phi) is 5.44. The molecule has 0 aliphatic rings. The van der Waals surface area contributed by atoms with E-state index in [0.717, 1.165) is 20.9 Å². The summed E-state index contributed by atoms with van der Waals surface area (Å²) in [4.78, 5) is 30.2. The van der Waals surface area contributed by atoms with E-state index in [9.17, 15) is 9.59 Å². The lowest BCUT2D eigenvalue weighted by Crippen LogP contribution is -2.27. The van der Waals surface area contributed by atoms with Gasteiger partial charge in [-0.25, -0.2) is 0 Å². The minimum absolute atomic E-state index is 0.0357. The van der Waals surface area contributed by atoms with Gasteiger partial charge in [-0.1, -0.05) is 0 Å². The molecule has 0 aliphatic heterocycles. The molecule has 0 aromatic carbocycles. The van der Waals surface area contributed by atoms with Gasteiger partial charge in [0.05, 0.1) is 6.04 Å². The van der Waals surface area contributed by atoms with Crippen LogP contribution in [0.2, 0.25) is 0 Å². The van der Waals surface area contributed by atoms with Crippen LogP contribution in [0.1, 0.15) is 51.5 Å². The number of hydrogen-bond donors (Lipinski definition) is 1. The van der Waals surface area contributed by atoms with Gasteiger partial charge in [-0.15, -0.1) is 11.3 Å². The number of nitrogens with zero attached hydrogens (tertiary/aromatic N) is 1. The topological polar surface area (TPSA) is 59.1 Å². The molecular formula is C17H20N2O2S. The number of amides is 1. The van der Waals surface area contributed by atoms with Crippen molar-refractivity contribution in [1.82, 2.24) is 10.3 Å². The number of rotatable bonds is 6. The number of pyridine rings is 1. The number of thiophene rings is 1. The average molecular weight is 316 g/mol. The van der Waals surface area contributed by atoms with Gasteiger partial charge in [0.2, 0.25) is 5.91 Å². The van der Waals surface area contributed by atoms with Gasteiger partial charge in [0.25, 0.3) is 0 Å². The highest BCUT2D eigenvalue weighted by Crippen LogP contribution is 2.22. The minimum Gasteiger partial charge on any atom is -0.350 e. The zero-order valence-electron chi connectivity index (χ0n) is 13.1. The Hall–Kier alpha value is -2.01. The Morgan fingerprint density at radius 3 is 2.50 bits per heavy atom. The zero-order valence-corrected chi connectivity index (χ0v) is 13.9. The van der Waals surface area contributed by atoms with Crippen LogP contribution in [-0.4, -0.2) is 16.7 Å². The monoisotopic (exact) mass is 316 g/mol. The summed E-state index contributed by atoms with van der Waals surface area (Å²) >= 11 is 1.61. The van der Waals surface area contributed by atoms with Crippen molar-refractivity contribution in [2.75, 3.05) is 0 Å². The van der Waals surface area contributed by atoms with Crippen molar-refractivity contribution in [2.24, 2.45) is 0 Å². The Balaban J connectivity index is 1.85. The molecule has 0 aliphatic carbocycles. The second-order valence-corrected chi connectivity index (χ2v) is 6.78. The van der Waals surface area contributed by atoms with Crippen molar-refractivity contribution in [3.8, 4) is 0 Å². The van der Waals surface area contributed by atoms with E-state index in [2.05, 4.69) is 10.3 Å². The molecule has 4 nitrogen and oxygen atoms in total. The summed E-state index contributed by atoms with van der Waals surface area (Å²) in [5.74, 6) is -0.0733. The molecule has 2 rings (SSSR count). The van der Waals surface area contributed by atoms with E-state index in [1.165, 1.54) is 0 Å². The molecule has 2 aromatic rings. The lowest BCUT2D eigenvalue weighted by molar-refractivity contribution is -0.121. The molecule has 1 N–H and O–H groups in total. The quantitative estimate of drug-likeness (QED) is 0.828. The molecule has 22 heavy (non-hydrogen) atoms. The van der Waals surface area contributed by atoms with Crippen molar-refractivity contribution < 1.29 is 9.59 Å². The number of hydrogen-bond acceptors (Lipinski definition) is 4. The van der Waals surface area contributed by atoms with Crippen LogP contribution in [0.5, 0.6) is 0 Å². The van der Waals surface area contributed by atoms with E-state index in [1.807, 2.05) is 39.0 Å². The largest absolute Gasteiger partial charge is 0.350 e. The first-order valence-electron chi connectivity index (χ1n) is 7.27. The van der Waals surface area contributed by atoms with Crippen molar-refractivity contribution in [1.29, 1.82) is 0 Å². The van der Waals surface area contributed by atoms with Gasteiger partial charge in [-0.05, 0) is 44.5 Å². The van der Waals surface area contributed by atoms with Crippen LogP contribution >= 0.6 is 11.3 Å². The first kappa shape index (κ1) is 16.4. The number of nitrogens with one attached hydrogen (secondary N) is 1. The van der Waals surface area contributed by atoms with Crippen LogP contribution in [-0.2, 0) is 4.79 Å². The summed E-state index contributed by atoms with van der Waals surface area (Å²) in [6, 6.07) is 5.55. The maximum absolute atomic E-state index is 12.2. The molecule has 0 saturated heterocycles. The predicted molar refractivity (Wildman–Crippen MR) is 88.2 cm³/mol. The van der Waals surface area contributed by atoms with Gasteiger partial charge < -0.3 is 5.32 Å². The molecule has 0 bridgehead atoms. The average Bonchev–Trinajstić information content (AvgIpc) is 2.84. The first-order chi connectivity index (χ1) is 10.5.